The molecule has 0 aliphatic carbocycles. The fourth-order valence-corrected chi connectivity index (χ4v) is 3.57. The second kappa shape index (κ2) is 7.62. The summed E-state index contributed by atoms with van der Waals surface area (Å²) in [6.07, 6.45) is 2.65. The van der Waals surface area contributed by atoms with Gasteiger partial charge in [0.05, 0.1) is 9.82 Å². The molecule has 1 rings (SSSR count). The number of sulfonamides is 1. The van der Waals surface area contributed by atoms with Crippen LogP contribution in [0.25, 0.3) is 0 Å². The molecule has 0 unspecified atom stereocenters. The molecular formula is C12H19N3O4S2. The summed E-state index contributed by atoms with van der Waals surface area (Å²) in [4.78, 5) is 10.4. The summed E-state index contributed by atoms with van der Waals surface area (Å²) in [6.45, 7) is 1.92. The van der Waals surface area contributed by atoms with Gasteiger partial charge in [0.2, 0.25) is 10.0 Å². The lowest BCUT2D eigenvalue weighted by atomic mass is 10.2. The van der Waals surface area contributed by atoms with Crippen LogP contribution in [0.2, 0.25) is 0 Å². The molecule has 0 bridgehead atoms. The number of hydrogen-bond acceptors (Lipinski definition) is 6. The molecule has 0 fully saturated rings. The number of nitro groups is 1. The molecule has 9 heteroatoms. The highest BCUT2D eigenvalue weighted by atomic mass is 32.2. The van der Waals surface area contributed by atoms with E-state index in [0.29, 0.717) is 24.2 Å². The topological polar surface area (TPSA) is 101 Å². The normalized spacial score (nSPS) is 11.4. The van der Waals surface area contributed by atoms with Crippen LogP contribution in [0.3, 0.4) is 0 Å². The number of hydrogen-bond donors (Lipinski definition) is 2. The smallest absolute Gasteiger partial charge is 0.293 e. The Balaban J connectivity index is 3.11. The number of anilines is 1. The van der Waals surface area contributed by atoms with Gasteiger partial charge < -0.3 is 5.32 Å². The molecule has 2 N–H and O–H groups in total. The van der Waals surface area contributed by atoms with Gasteiger partial charge in [-0.2, -0.15) is 11.8 Å². The van der Waals surface area contributed by atoms with Crippen molar-refractivity contribution in [2.24, 2.45) is 0 Å². The molecular weight excluding hydrogens is 314 g/mol. The Morgan fingerprint density at radius 3 is 2.57 bits per heavy atom. The zero-order valence-electron chi connectivity index (χ0n) is 12.2. The molecule has 0 amide bonds. The van der Waals surface area contributed by atoms with E-state index in [1.54, 1.807) is 25.7 Å². The zero-order chi connectivity index (χ0) is 16.0. The van der Waals surface area contributed by atoms with E-state index in [4.69, 9.17) is 0 Å². The van der Waals surface area contributed by atoms with Crippen LogP contribution in [0, 0.1) is 17.0 Å². The van der Waals surface area contributed by atoms with Crippen molar-refractivity contribution in [3.8, 4) is 0 Å². The Hall–Kier alpha value is -1.32. The van der Waals surface area contributed by atoms with E-state index in [1.165, 1.54) is 6.07 Å². The standard InChI is InChI=1S/C12H19N3O4S2/c1-9-7-10(13-2)11(15(16)17)8-12(9)21(18,19)14-5-4-6-20-3/h7-8,13-14H,4-6H2,1-3H3. The molecule has 21 heavy (non-hydrogen) atoms. The molecule has 1 aromatic rings. The van der Waals surface area contributed by atoms with Gasteiger partial charge in [-0.3, -0.25) is 10.1 Å². The van der Waals surface area contributed by atoms with Crippen LogP contribution in [0.15, 0.2) is 17.0 Å². The molecule has 1 aromatic carbocycles. The molecule has 0 spiro atoms. The number of nitrogens with one attached hydrogen (secondary N) is 2. The number of rotatable bonds is 8. The lowest BCUT2D eigenvalue weighted by Gasteiger charge is -2.11. The summed E-state index contributed by atoms with van der Waals surface area (Å²) in [5.41, 5.74) is 0.494. The first-order chi connectivity index (χ1) is 9.83. The fourth-order valence-electron chi connectivity index (χ4n) is 1.82. The van der Waals surface area contributed by atoms with Crippen LogP contribution >= 0.6 is 11.8 Å². The Morgan fingerprint density at radius 2 is 2.05 bits per heavy atom. The number of aryl methyl sites for hydroxylation is 1. The second-order valence-electron chi connectivity index (χ2n) is 4.39. The van der Waals surface area contributed by atoms with E-state index in [2.05, 4.69) is 10.0 Å². The summed E-state index contributed by atoms with van der Waals surface area (Å²) in [5, 5.41) is 13.7. The minimum Gasteiger partial charge on any atom is -0.383 e. The van der Waals surface area contributed by atoms with Crippen molar-refractivity contribution in [2.45, 2.75) is 18.2 Å². The van der Waals surface area contributed by atoms with Crippen molar-refractivity contribution in [1.29, 1.82) is 0 Å². The maximum atomic E-state index is 12.2. The maximum Gasteiger partial charge on any atom is 0.293 e. The van der Waals surface area contributed by atoms with Gasteiger partial charge in [0.25, 0.3) is 5.69 Å². The van der Waals surface area contributed by atoms with Crippen LogP contribution in [0.5, 0.6) is 0 Å². The predicted octanol–water partition coefficient (Wildman–Crippen LogP) is 1.98. The van der Waals surface area contributed by atoms with Crippen molar-refractivity contribution in [3.05, 3.63) is 27.8 Å². The summed E-state index contributed by atoms with van der Waals surface area (Å²) in [6, 6.07) is 2.56. The second-order valence-corrected chi connectivity index (χ2v) is 7.11. The van der Waals surface area contributed by atoms with Crippen molar-refractivity contribution in [3.63, 3.8) is 0 Å². The van der Waals surface area contributed by atoms with Gasteiger partial charge in [-0.25, -0.2) is 13.1 Å². The highest BCUT2D eigenvalue weighted by Crippen LogP contribution is 2.30. The minimum atomic E-state index is -3.74. The molecule has 0 atom stereocenters. The van der Waals surface area contributed by atoms with E-state index in [0.717, 1.165) is 11.8 Å². The van der Waals surface area contributed by atoms with Crippen LogP contribution < -0.4 is 10.0 Å². The minimum absolute atomic E-state index is 0.0580. The van der Waals surface area contributed by atoms with Gasteiger partial charge in [-0.1, -0.05) is 0 Å². The summed E-state index contributed by atoms with van der Waals surface area (Å²) < 4.78 is 26.9. The van der Waals surface area contributed by atoms with Crippen molar-refractivity contribution in [1.82, 2.24) is 4.72 Å². The average Bonchev–Trinajstić information content (AvgIpc) is 2.42. The first-order valence-corrected chi connectivity index (χ1v) is 9.16. The summed E-state index contributed by atoms with van der Waals surface area (Å²) in [7, 11) is -2.19. The molecule has 7 nitrogen and oxygen atoms in total. The number of thioether (sulfide) groups is 1. The van der Waals surface area contributed by atoms with E-state index >= 15 is 0 Å². The van der Waals surface area contributed by atoms with Crippen LogP contribution in [-0.2, 0) is 10.0 Å². The van der Waals surface area contributed by atoms with Gasteiger partial charge in [0, 0.05) is 19.7 Å². The third kappa shape index (κ3) is 4.58. The van der Waals surface area contributed by atoms with Crippen molar-refractivity contribution in [2.75, 3.05) is 30.9 Å². The van der Waals surface area contributed by atoms with Crippen molar-refractivity contribution >= 4 is 33.2 Å². The first kappa shape index (κ1) is 17.7. The zero-order valence-corrected chi connectivity index (χ0v) is 13.8. The lowest BCUT2D eigenvalue weighted by molar-refractivity contribution is -0.384. The van der Waals surface area contributed by atoms with E-state index in [1.807, 2.05) is 6.26 Å². The number of nitrogens with zero attached hydrogens (tertiary/aromatic N) is 1. The molecule has 0 saturated carbocycles. The lowest BCUT2D eigenvalue weighted by Crippen LogP contribution is -2.26. The molecule has 0 aromatic heterocycles. The van der Waals surface area contributed by atoms with Gasteiger partial charge in [-0.15, -0.1) is 0 Å². The summed E-state index contributed by atoms with van der Waals surface area (Å²) >= 11 is 1.63. The molecule has 0 aliphatic heterocycles. The fraction of sp³-hybridized carbons (Fsp3) is 0.500. The van der Waals surface area contributed by atoms with Crippen LogP contribution in [0.1, 0.15) is 12.0 Å². The van der Waals surface area contributed by atoms with Gasteiger partial charge >= 0.3 is 0 Å². The molecule has 0 heterocycles. The SMILES string of the molecule is CNc1cc(C)c(S(=O)(=O)NCCCSC)cc1[N+](=O)[O-]. The molecule has 0 aliphatic rings. The Labute approximate surface area is 128 Å². The van der Waals surface area contributed by atoms with E-state index < -0.39 is 14.9 Å². The van der Waals surface area contributed by atoms with Gasteiger partial charge in [0.15, 0.2) is 0 Å². The van der Waals surface area contributed by atoms with Crippen molar-refractivity contribution < 1.29 is 13.3 Å². The van der Waals surface area contributed by atoms with Crippen LogP contribution in [0.4, 0.5) is 11.4 Å². The Morgan fingerprint density at radius 1 is 1.38 bits per heavy atom. The Kier molecular flexibility index (Phi) is 6.43. The highest BCUT2D eigenvalue weighted by molar-refractivity contribution is 7.98. The number of benzene rings is 1. The number of nitro benzene ring substituents is 1. The molecule has 118 valence electrons. The van der Waals surface area contributed by atoms with Crippen LogP contribution in [-0.4, -0.2) is 38.9 Å². The summed E-state index contributed by atoms with van der Waals surface area (Å²) in [5.74, 6) is 0.848. The quantitative estimate of drug-likeness (QED) is 0.428. The van der Waals surface area contributed by atoms with Gasteiger partial charge in [-0.05, 0) is 37.0 Å². The maximum absolute atomic E-state index is 12.2. The largest absolute Gasteiger partial charge is 0.383 e. The van der Waals surface area contributed by atoms with Gasteiger partial charge in [0.1, 0.15) is 5.69 Å². The first-order valence-electron chi connectivity index (χ1n) is 6.29. The molecule has 0 radical (unpaired) electrons. The third-order valence-electron chi connectivity index (χ3n) is 2.87. The molecule has 0 saturated heterocycles. The monoisotopic (exact) mass is 333 g/mol. The Bertz CT molecular complexity index is 617. The average molecular weight is 333 g/mol. The highest BCUT2D eigenvalue weighted by Gasteiger charge is 2.23. The predicted molar refractivity (Wildman–Crippen MR) is 85.6 cm³/mol. The van der Waals surface area contributed by atoms with E-state index in [-0.39, 0.29) is 10.6 Å². The van der Waals surface area contributed by atoms with E-state index in [9.17, 15) is 18.5 Å². The third-order valence-corrected chi connectivity index (χ3v) is 5.17.